The fraction of sp³-hybridized carbons (Fsp3) is 0.545. The maximum absolute atomic E-state index is 13.7. The molecule has 220 valence electrons. The maximum Gasteiger partial charge on any atom is 0.261 e. The van der Waals surface area contributed by atoms with E-state index in [0.29, 0.717) is 41.6 Å². The van der Waals surface area contributed by atoms with Crippen molar-refractivity contribution >= 4 is 16.8 Å². The van der Waals surface area contributed by atoms with E-state index in [0.717, 1.165) is 44.6 Å². The van der Waals surface area contributed by atoms with E-state index in [1.165, 1.54) is 5.56 Å². The molecule has 3 aromatic rings. The van der Waals surface area contributed by atoms with Gasteiger partial charge in [-0.15, -0.1) is 0 Å². The molecule has 5 rings (SSSR count). The summed E-state index contributed by atoms with van der Waals surface area (Å²) in [6.07, 6.45) is 3.65. The first-order chi connectivity index (χ1) is 19.6. The first-order valence-corrected chi connectivity index (χ1v) is 15.2. The van der Waals surface area contributed by atoms with E-state index < -0.39 is 0 Å². The number of nitrogens with one attached hydrogen (secondary N) is 1. The topological polar surface area (TPSA) is 73.7 Å². The average Bonchev–Trinajstić information content (AvgIpc) is 2.97. The lowest BCUT2D eigenvalue weighted by molar-refractivity contribution is 0.0411. The molecule has 2 aliphatic heterocycles. The van der Waals surface area contributed by atoms with E-state index in [1.54, 1.807) is 16.7 Å². The first kappa shape index (κ1) is 29.4. The molecule has 0 spiro atoms. The van der Waals surface area contributed by atoms with Crippen molar-refractivity contribution in [1.29, 1.82) is 0 Å². The molecule has 0 saturated carbocycles. The van der Waals surface area contributed by atoms with Gasteiger partial charge in [0, 0.05) is 56.4 Å². The highest BCUT2D eigenvalue weighted by Crippen LogP contribution is 2.37. The summed E-state index contributed by atoms with van der Waals surface area (Å²) in [5.74, 6) is 0.790. The van der Waals surface area contributed by atoms with Crippen LogP contribution in [-0.2, 0) is 12.6 Å². The third kappa shape index (κ3) is 5.70. The van der Waals surface area contributed by atoms with Crippen LogP contribution >= 0.6 is 0 Å². The Bertz CT molecular complexity index is 1420. The van der Waals surface area contributed by atoms with Gasteiger partial charge in [-0.1, -0.05) is 43.7 Å². The van der Waals surface area contributed by atoms with E-state index in [-0.39, 0.29) is 23.0 Å². The van der Waals surface area contributed by atoms with Crippen molar-refractivity contribution in [3.8, 4) is 0 Å². The van der Waals surface area contributed by atoms with Gasteiger partial charge in [0.25, 0.3) is 11.5 Å². The van der Waals surface area contributed by atoms with Crippen LogP contribution in [0.25, 0.3) is 10.9 Å². The normalized spacial score (nSPS) is 22.3. The zero-order valence-corrected chi connectivity index (χ0v) is 25.6. The van der Waals surface area contributed by atoms with Crippen LogP contribution in [0.15, 0.2) is 53.3 Å². The largest absolute Gasteiger partial charge is 0.338 e. The predicted octanol–water partition coefficient (Wildman–Crippen LogP) is 4.15. The SMILES string of the molecule is CCCC(c1nc2cc(C(=O)N3CCC(c4ccccc4)(N(C)C)CC3)ccc2c(=O)n1C)N1C[C@@H](C)N[C@@H](C)C1. The Balaban J connectivity index is 1.43. The second kappa shape index (κ2) is 12.0. The predicted molar refractivity (Wildman–Crippen MR) is 165 cm³/mol. The number of likely N-dealkylation sites (tertiary alicyclic amines) is 1. The number of nitrogens with zero attached hydrogens (tertiary/aromatic N) is 5. The molecular weight excluding hydrogens is 512 g/mol. The molecule has 2 fully saturated rings. The molecule has 2 aliphatic rings. The number of piperazine rings is 1. The van der Waals surface area contributed by atoms with Gasteiger partial charge in [-0.25, -0.2) is 4.98 Å². The number of aromatic nitrogens is 2. The Morgan fingerprint density at radius 1 is 1.07 bits per heavy atom. The molecule has 8 nitrogen and oxygen atoms in total. The Hall–Kier alpha value is -3.07. The number of fused-ring (bicyclic) bond motifs is 1. The maximum atomic E-state index is 13.7. The minimum Gasteiger partial charge on any atom is -0.338 e. The van der Waals surface area contributed by atoms with Crippen LogP contribution in [0, 0.1) is 0 Å². The summed E-state index contributed by atoms with van der Waals surface area (Å²) < 4.78 is 1.72. The molecular formula is C33H46N6O2. The van der Waals surface area contributed by atoms with E-state index in [1.807, 2.05) is 24.1 Å². The fourth-order valence-corrected chi connectivity index (χ4v) is 7.10. The second-order valence-electron chi connectivity index (χ2n) is 12.4. The lowest BCUT2D eigenvalue weighted by Gasteiger charge is -2.46. The minimum atomic E-state index is -0.0860. The Morgan fingerprint density at radius 2 is 1.73 bits per heavy atom. The van der Waals surface area contributed by atoms with Crippen LogP contribution in [-0.4, -0.2) is 82.5 Å². The van der Waals surface area contributed by atoms with Gasteiger partial charge in [-0.2, -0.15) is 0 Å². The lowest BCUT2D eigenvalue weighted by Crippen LogP contribution is -2.55. The average molecular weight is 559 g/mol. The number of carbonyl (C=O) groups is 1. The van der Waals surface area contributed by atoms with E-state index in [2.05, 4.69) is 74.2 Å². The van der Waals surface area contributed by atoms with Crippen molar-refractivity contribution in [2.24, 2.45) is 7.05 Å². The van der Waals surface area contributed by atoms with Gasteiger partial charge in [-0.3, -0.25) is 24.0 Å². The summed E-state index contributed by atoms with van der Waals surface area (Å²) in [6, 6.07) is 16.8. The molecule has 2 aromatic carbocycles. The number of amides is 1. The molecule has 1 aromatic heterocycles. The van der Waals surface area contributed by atoms with Gasteiger partial charge in [0.15, 0.2) is 0 Å². The Labute approximate surface area is 244 Å². The molecule has 8 heteroatoms. The van der Waals surface area contributed by atoms with Crippen LogP contribution in [0.3, 0.4) is 0 Å². The number of rotatable bonds is 7. The van der Waals surface area contributed by atoms with Crippen molar-refractivity contribution in [1.82, 2.24) is 29.6 Å². The number of benzene rings is 2. The molecule has 0 aliphatic carbocycles. The summed E-state index contributed by atoms with van der Waals surface area (Å²) in [5, 5.41) is 4.16. The smallest absolute Gasteiger partial charge is 0.261 e. The number of carbonyl (C=O) groups excluding carboxylic acids is 1. The van der Waals surface area contributed by atoms with Crippen LogP contribution in [0.5, 0.6) is 0 Å². The van der Waals surface area contributed by atoms with E-state index in [4.69, 9.17) is 4.98 Å². The lowest BCUT2D eigenvalue weighted by atomic mass is 9.79. The first-order valence-electron chi connectivity index (χ1n) is 15.2. The number of piperidine rings is 1. The molecule has 0 radical (unpaired) electrons. The van der Waals surface area contributed by atoms with Gasteiger partial charge in [0.2, 0.25) is 0 Å². The third-order valence-corrected chi connectivity index (χ3v) is 9.29. The number of hydrogen-bond donors (Lipinski definition) is 1. The van der Waals surface area contributed by atoms with Gasteiger partial charge in [0.1, 0.15) is 5.82 Å². The summed E-state index contributed by atoms with van der Waals surface area (Å²) in [4.78, 5) is 39.1. The summed E-state index contributed by atoms with van der Waals surface area (Å²) in [7, 11) is 6.09. The second-order valence-corrected chi connectivity index (χ2v) is 12.4. The van der Waals surface area contributed by atoms with Crippen molar-refractivity contribution in [3.63, 3.8) is 0 Å². The van der Waals surface area contributed by atoms with Crippen molar-refractivity contribution in [2.45, 2.75) is 70.1 Å². The Kier molecular flexibility index (Phi) is 8.64. The highest BCUT2D eigenvalue weighted by molar-refractivity contribution is 5.97. The van der Waals surface area contributed by atoms with Gasteiger partial charge in [0.05, 0.1) is 16.9 Å². The van der Waals surface area contributed by atoms with Crippen LogP contribution < -0.4 is 10.9 Å². The monoisotopic (exact) mass is 558 g/mol. The van der Waals surface area contributed by atoms with Crippen LogP contribution in [0.2, 0.25) is 0 Å². The fourth-order valence-electron chi connectivity index (χ4n) is 7.10. The molecule has 2 saturated heterocycles. The van der Waals surface area contributed by atoms with Crippen molar-refractivity contribution < 1.29 is 4.79 Å². The third-order valence-electron chi connectivity index (χ3n) is 9.29. The molecule has 3 heterocycles. The van der Waals surface area contributed by atoms with E-state index in [9.17, 15) is 9.59 Å². The number of hydrogen-bond acceptors (Lipinski definition) is 6. The van der Waals surface area contributed by atoms with Crippen molar-refractivity contribution in [2.75, 3.05) is 40.3 Å². The molecule has 0 bridgehead atoms. The summed E-state index contributed by atoms with van der Waals surface area (Å²) in [6.45, 7) is 9.77. The zero-order chi connectivity index (χ0) is 29.3. The van der Waals surface area contributed by atoms with Gasteiger partial charge >= 0.3 is 0 Å². The highest BCUT2D eigenvalue weighted by Gasteiger charge is 2.39. The standard InChI is InChI=1S/C33H46N6O2/c1-7-11-29(39-21-23(2)34-24(3)22-39)30-35-28-20-25(14-15-27(28)32(41)37(30)6)31(40)38-18-16-33(17-19-38,36(4)5)26-12-9-8-10-13-26/h8-10,12-15,20,23-24,29,34H,7,11,16-19,21-22H2,1-6H3/t23-,24+,29?. The quantitative estimate of drug-likeness (QED) is 0.470. The summed E-state index contributed by atoms with van der Waals surface area (Å²) >= 11 is 0. The molecule has 41 heavy (non-hydrogen) atoms. The zero-order valence-electron chi connectivity index (χ0n) is 25.6. The molecule has 1 unspecified atom stereocenters. The van der Waals surface area contributed by atoms with Crippen LogP contribution in [0.1, 0.15) is 74.2 Å². The van der Waals surface area contributed by atoms with E-state index >= 15 is 0 Å². The highest BCUT2D eigenvalue weighted by atomic mass is 16.2. The van der Waals surface area contributed by atoms with Gasteiger partial charge < -0.3 is 10.2 Å². The summed E-state index contributed by atoms with van der Waals surface area (Å²) in [5.41, 5.74) is 2.35. The van der Waals surface area contributed by atoms with Gasteiger partial charge in [-0.05, 0) is 71.0 Å². The molecule has 3 atom stereocenters. The Morgan fingerprint density at radius 3 is 2.34 bits per heavy atom. The van der Waals surface area contributed by atoms with Crippen molar-refractivity contribution in [3.05, 3.63) is 75.8 Å². The molecule has 1 amide bonds. The van der Waals surface area contributed by atoms with Crippen LogP contribution in [0.4, 0.5) is 0 Å². The molecule has 1 N–H and O–H groups in total. The minimum absolute atomic E-state index is 0.00575.